The Hall–Kier alpha value is 0.154. The second-order valence-electron chi connectivity index (χ2n) is 8.97. The Bertz CT molecular complexity index is 351. The fourth-order valence-electron chi connectivity index (χ4n) is 3.29. The predicted octanol–water partition coefficient (Wildman–Crippen LogP) is 4.33. The summed E-state index contributed by atoms with van der Waals surface area (Å²) in [5.74, 6) is 0. The molecule has 0 spiro atoms. The summed E-state index contributed by atoms with van der Waals surface area (Å²) in [7, 11) is 0.124. The first kappa shape index (κ1) is 31.2. The Morgan fingerprint density at radius 2 is 0.742 bits per heavy atom. The molecule has 0 saturated heterocycles. The zero-order chi connectivity index (χ0) is 23.3. The van der Waals surface area contributed by atoms with Crippen molar-refractivity contribution in [2.45, 2.75) is 64.0 Å². The molecular formula is C22H50O7Si2. The minimum atomic E-state index is -1.62. The van der Waals surface area contributed by atoms with E-state index in [4.69, 9.17) is 32.5 Å². The van der Waals surface area contributed by atoms with E-state index < -0.39 is 16.6 Å². The Morgan fingerprint density at radius 1 is 0.419 bits per heavy atom. The Labute approximate surface area is 193 Å². The van der Waals surface area contributed by atoms with Crippen molar-refractivity contribution in [3.05, 3.63) is 0 Å². The molecule has 0 aliphatic rings. The quantitative estimate of drug-likeness (QED) is 0.150. The average molecular weight is 483 g/mol. The van der Waals surface area contributed by atoms with Gasteiger partial charge in [-0.15, -0.1) is 0 Å². The summed E-state index contributed by atoms with van der Waals surface area (Å²) in [4.78, 5) is 0. The second-order valence-corrected chi connectivity index (χ2v) is 17.8. The zero-order valence-corrected chi connectivity index (χ0v) is 23.2. The van der Waals surface area contributed by atoms with E-state index in [2.05, 4.69) is 26.2 Å². The largest absolute Gasteiger partial charge is 0.455 e. The van der Waals surface area contributed by atoms with Crippen LogP contribution in [0.5, 0.6) is 0 Å². The normalized spacial score (nSPS) is 12.6. The molecule has 0 aromatic heterocycles. The van der Waals surface area contributed by atoms with Gasteiger partial charge in [-0.05, 0) is 51.1 Å². The lowest BCUT2D eigenvalue weighted by Crippen LogP contribution is -2.44. The van der Waals surface area contributed by atoms with Crippen LogP contribution in [0.15, 0.2) is 0 Å². The van der Waals surface area contributed by atoms with Gasteiger partial charge in [0.05, 0.1) is 52.9 Å². The number of hydrogen-bond acceptors (Lipinski definition) is 7. The van der Waals surface area contributed by atoms with Crippen molar-refractivity contribution in [3.63, 3.8) is 0 Å². The van der Waals surface area contributed by atoms with Gasteiger partial charge in [-0.25, -0.2) is 0 Å². The summed E-state index contributed by atoms with van der Waals surface area (Å²) in [6, 6.07) is 2.40. The summed E-state index contributed by atoms with van der Waals surface area (Å²) in [5.41, 5.74) is 0. The van der Waals surface area contributed by atoms with Crippen LogP contribution in [0.4, 0.5) is 0 Å². The van der Waals surface area contributed by atoms with Gasteiger partial charge in [0.2, 0.25) is 0 Å². The highest BCUT2D eigenvalue weighted by Gasteiger charge is 2.32. The molecule has 0 fully saturated rings. The topological polar surface area (TPSA) is 64.6 Å². The maximum absolute atomic E-state index is 6.72. The lowest BCUT2D eigenvalue weighted by molar-refractivity contribution is 0.0242. The average Bonchev–Trinajstić information content (AvgIpc) is 2.70. The number of hydrogen-bond donors (Lipinski definition) is 0. The molecule has 31 heavy (non-hydrogen) atoms. The van der Waals surface area contributed by atoms with E-state index in [0.717, 1.165) is 26.1 Å². The molecule has 7 nitrogen and oxygen atoms in total. The van der Waals surface area contributed by atoms with E-state index in [1.165, 1.54) is 24.9 Å². The van der Waals surface area contributed by atoms with Crippen LogP contribution in [0.25, 0.3) is 0 Å². The maximum Gasteiger partial charge on any atom is 0.173 e. The highest BCUT2D eigenvalue weighted by atomic mass is 28.4. The van der Waals surface area contributed by atoms with Crippen molar-refractivity contribution >= 4 is 16.6 Å². The molecule has 0 aliphatic heterocycles. The fraction of sp³-hybridized carbons (Fsp3) is 1.00. The van der Waals surface area contributed by atoms with Gasteiger partial charge in [0.1, 0.15) is 0 Å². The van der Waals surface area contributed by atoms with Crippen LogP contribution in [0.1, 0.15) is 25.7 Å². The first-order valence-electron chi connectivity index (χ1n) is 11.8. The van der Waals surface area contributed by atoms with E-state index in [9.17, 15) is 0 Å². The minimum Gasteiger partial charge on any atom is -0.455 e. The van der Waals surface area contributed by atoms with Crippen LogP contribution in [0, 0.1) is 0 Å². The van der Waals surface area contributed by atoms with Gasteiger partial charge in [-0.1, -0.05) is 12.8 Å². The lowest BCUT2D eigenvalue weighted by atomic mass is 10.4. The van der Waals surface area contributed by atoms with Gasteiger partial charge in [0, 0.05) is 27.4 Å². The molecule has 0 aromatic rings. The second kappa shape index (κ2) is 20.7. The summed E-state index contributed by atoms with van der Waals surface area (Å²) in [6.45, 7) is 16.2. The van der Waals surface area contributed by atoms with E-state index >= 15 is 0 Å². The fourth-order valence-corrected chi connectivity index (χ4v) is 12.3. The molecule has 9 heteroatoms. The van der Waals surface area contributed by atoms with Gasteiger partial charge < -0.3 is 32.5 Å². The van der Waals surface area contributed by atoms with Crippen molar-refractivity contribution in [2.75, 3.05) is 80.3 Å². The molecule has 0 atom stereocenters. The van der Waals surface area contributed by atoms with Crippen molar-refractivity contribution in [1.82, 2.24) is 0 Å². The maximum atomic E-state index is 6.72. The third-order valence-electron chi connectivity index (χ3n) is 4.80. The van der Waals surface area contributed by atoms with Crippen molar-refractivity contribution in [1.29, 1.82) is 0 Å². The number of ether oxygens (including phenoxy) is 6. The predicted molar refractivity (Wildman–Crippen MR) is 131 cm³/mol. The Morgan fingerprint density at radius 3 is 1.10 bits per heavy atom. The molecule has 0 aliphatic carbocycles. The monoisotopic (exact) mass is 482 g/mol. The summed E-state index contributed by atoms with van der Waals surface area (Å²) >= 11 is 0. The van der Waals surface area contributed by atoms with Crippen molar-refractivity contribution in [3.8, 4) is 0 Å². The summed E-state index contributed by atoms with van der Waals surface area (Å²) in [6.07, 6.45) is 4.53. The minimum absolute atomic E-state index is 0.633. The molecule has 0 heterocycles. The highest BCUT2D eigenvalue weighted by Crippen LogP contribution is 2.24. The van der Waals surface area contributed by atoms with E-state index in [0.29, 0.717) is 52.9 Å². The van der Waals surface area contributed by atoms with Gasteiger partial charge >= 0.3 is 0 Å². The van der Waals surface area contributed by atoms with Crippen molar-refractivity contribution in [2.24, 2.45) is 0 Å². The lowest BCUT2D eigenvalue weighted by Gasteiger charge is -2.34. The SMILES string of the molecule is COCCOCCOCCCC[Si](C)(C)O[Si](C)(C)CCCCOCCOCCOC. The van der Waals surface area contributed by atoms with Crippen LogP contribution in [-0.4, -0.2) is 96.9 Å². The highest BCUT2D eigenvalue weighted by molar-refractivity contribution is 6.84. The molecule has 0 saturated carbocycles. The molecule has 0 N–H and O–H groups in total. The van der Waals surface area contributed by atoms with Crippen molar-refractivity contribution < 1.29 is 32.5 Å². The van der Waals surface area contributed by atoms with Gasteiger partial charge in [0.25, 0.3) is 0 Å². The van der Waals surface area contributed by atoms with Gasteiger partial charge in [0.15, 0.2) is 16.6 Å². The summed E-state index contributed by atoms with van der Waals surface area (Å²) < 4.78 is 38.7. The standard InChI is InChI=1S/C22H50O7Si2/c1-23-13-15-27-19-17-25-11-7-9-21-30(3,4)29-31(5,6)22-10-8-12-26-18-20-28-16-14-24-2/h7-22H2,1-6H3. The van der Waals surface area contributed by atoms with E-state index in [-0.39, 0.29) is 0 Å². The molecule has 0 unspecified atom stereocenters. The molecule has 0 rings (SSSR count). The smallest absolute Gasteiger partial charge is 0.173 e. The third kappa shape index (κ3) is 23.1. The van der Waals surface area contributed by atoms with Gasteiger partial charge in [-0.3, -0.25) is 0 Å². The molecule has 0 bridgehead atoms. The van der Waals surface area contributed by atoms with Crippen LogP contribution in [0.3, 0.4) is 0 Å². The molecule has 188 valence electrons. The summed E-state index contributed by atoms with van der Waals surface area (Å²) in [5, 5.41) is 0. The zero-order valence-electron chi connectivity index (χ0n) is 21.2. The first-order chi connectivity index (χ1) is 14.8. The van der Waals surface area contributed by atoms with Gasteiger partial charge in [-0.2, -0.15) is 0 Å². The first-order valence-corrected chi connectivity index (χ1v) is 18.0. The number of rotatable bonds is 24. The molecule has 0 amide bonds. The van der Waals surface area contributed by atoms with E-state index in [1.807, 2.05) is 0 Å². The van der Waals surface area contributed by atoms with Crippen LogP contribution in [-0.2, 0) is 32.5 Å². The molecule has 0 aromatic carbocycles. The molecular weight excluding hydrogens is 432 g/mol. The Balaban J connectivity index is 3.65. The van der Waals surface area contributed by atoms with E-state index in [1.54, 1.807) is 14.2 Å². The van der Waals surface area contributed by atoms with Crippen LogP contribution in [0.2, 0.25) is 38.3 Å². The van der Waals surface area contributed by atoms with Crippen LogP contribution < -0.4 is 0 Å². The van der Waals surface area contributed by atoms with Crippen LogP contribution >= 0.6 is 0 Å². The third-order valence-corrected chi connectivity index (χ3v) is 12.3. The number of methoxy groups -OCH3 is 2. The molecule has 0 radical (unpaired) electrons. The number of unbranched alkanes of at least 4 members (excludes halogenated alkanes) is 2. The Kier molecular flexibility index (Phi) is 20.8.